The fourth-order valence-electron chi connectivity index (χ4n) is 18.3. The van der Waals surface area contributed by atoms with Crippen LogP contribution in [0.5, 0.6) is 0 Å². The highest BCUT2D eigenvalue weighted by Gasteiger charge is 2.26. The number of carbonyl (C=O) groups excluding carboxylic acids is 5. The molecule has 0 aliphatic heterocycles. The van der Waals surface area contributed by atoms with Crippen LogP contribution in [-0.2, 0) is 59.9 Å². The van der Waals surface area contributed by atoms with E-state index in [1.54, 1.807) is 103 Å². The topological polar surface area (TPSA) is 421 Å². The highest BCUT2D eigenvalue weighted by molar-refractivity contribution is 9.11. The van der Waals surface area contributed by atoms with Crippen molar-refractivity contribution >= 4 is 225 Å². The van der Waals surface area contributed by atoms with Gasteiger partial charge in [0.25, 0.3) is 45.5 Å². The van der Waals surface area contributed by atoms with Crippen LogP contribution in [0.25, 0.3) is 109 Å². The van der Waals surface area contributed by atoms with Gasteiger partial charge in [-0.25, -0.2) is 0 Å². The molecule has 0 radical (unpaired) electrons. The number of hydrogen-bond donors (Lipinski definition) is 10. The molecule has 5 amide bonds. The van der Waals surface area contributed by atoms with Crippen LogP contribution in [0, 0.1) is 33.6 Å². The van der Waals surface area contributed by atoms with Crippen LogP contribution in [-0.4, -0.2) is 155 Å². The zero-order chi connectivity index (χ0) is 105. The zero-order valence-corrected chi connectivity index (χ0v) is 91.1. The number of pyridine rings is 6. The van der Waals surface area contributed by atoms with Crippen molar-refractivity contribution in [2.45, 2.75) is 151 Å². The van der Waals surface area contributed by atoms with Gasteiger partial charge in [0.1, 0.15) is 27.6 Å². The zero-order valence-electron chi connectivity index (χ0n) is 83.2. The summed E-state index contributed by atoms with van der Waals surface area (Å²) in [5, 5.41) is 59.9. The SMILES string of the molecule is C/C=C\C.COCCc1[nH]nc2c1c(=O)n(CCCNC(=O)c1ccc(Cl)cc1)c1ccc(Br)cc21.Cc1[nH]nc2c1c(=O)n(CCCNC(=O)C1CCCCC1)c1ccc(Br)cc21.Cc1[nH]nc2c1c(=O)n(CCCNC(=O)Cc1ccccc1)c1ccc(Br)cc21.Cc1[nH]nc2c1c(=O)n(CCCNC(=O)c1ccc(Cl)cc1)c1ccc(Br)cc21.Cc1[nH]nc2c1c(=O)n(CCCNC(=O)c1ccncc1)c1ccccc21. The third-order valence-corrected chi connectivity index (χ3v) is 28.4. The summed E-state index contributed by atoms with van der Waals surface area (Å²) in [6, 6.07) is 57.5. The Labute approximate surface area is 899 Å². The number of fused-ring (bicyclic) bond motifs is 15. The molecule has 1 fully saturated rings. The van der Waals surface area contributed by atoms with Crippen molar-refractivity contribution in [1.82, 2.24) is 105 Å². The fourth-order valence-corrected chi connectivity index (χ4v) is 20.0. The number of nitrogens with zero attached hydrogens (tertiary/aromatic N) is 11. The van der Waals surface area contributed by atoms with E-state index in [4.69, 9.17) is 27.9 Å². The van der Waals surface area contributed by atoms with Gasteiger partial charge in [-0.1, -0.05) is 167 Å². The fraction of sp³-hybridized carbons (Fsp3) is 0.279. The number of methoxy groups -OCH3 is 1. The monoisotopic (exact) mass is 2300 g/mol. The van der Waals surface area contributed by atoms with Crippen LogP contribution < -0.4 is 54.4 Å². The summed E-state index contributed by atoms with van der Waals surface area (Å²) in [5.74, 6) is -0.158. The first kappa shape index (κ1) is 109. The molecular formula is C111H113Br4Cl2N21O11. The Balaban J connectivity index is 0.000000138. The third-order valence-electron chi connectivity index (χ3n) is 25.9. The minimum atomic E-state index is -0.171. The van der Waals surface area contributed by atoms with Gasteiger partial charge in [-0.2, -0.15) is 25.5 Å². The molecule has 20 rings (SSSR count). The standard InChI is InChI=1S/C23H22BrClN4O3.C22H21BrN4O2.C21H18BrClN4O2.C21H25BrN4O2.C20H19N5O2.C4H8/c1-32-12-9-18-20-21(28-27-18)17-13-15(24)5-8-19(17)29(23(20)31)11-2-10-26-22(30)14-3-6-16(25)7-4-14;1-14-20-21(26-25-14)17-13-16(23)8-9-18(17)27(22(20)29)11-5-10-24-19(28)12-15-6-3-2-4-7-15;1-12-18-19(26-25-12)16-11-14(22)5-8-17(16)27(21(18)29)10-2-9-24-20(28)13-3-6-15(23)7-4-13;1-13-18-19(25-24-13)16-12-15(22)8-9-17(16)26(21(18)28)11-5-10-23-20(27)14-6-3-2-4-7-14;1-13-17-18(24-23-13)15-5-2-3-6-16(15)25(20(17)27)12-4-9-22-19(26)14-7-10-21-11-8-14;1-3-4-2/h3-8,13H,2,9-12H2,1H3,(H,26,30)(H,27,28);2-4,6-9,13H,5,10-12H2,1H3,(H,24,28)(H,25,26);3-8,11H,2,9-10H2,1H3,(H,24,28)(H,25,26);8-9,12,14H,2-7,10-11H2,1H3,(H,23,27)(H,24,25);2-3,5-8,10-11H,4,9,12H2,1H3,(H,22,26)(H,23,24);3-4H,1-2H3/b;;;;;4-3-. The lowest BCUT2D eigenvalue weighted by atomic mass is 9.89. The van der Waals surface area contributed by atoms with Crippen molar-refractivity contribution in [2.24, 2.45) is 5.92 Å². The normalized spacial score (nSPS) is 12.0. The van der Waals surface area contributed by atoms with Gasteiger partial charge in [0.05, 0.1) is 73.2 Å². The molecule has 32 nitrogen and oxygen atoms in total. The number of amides is 5. The highest BCUT2D eigenvalue weighted by Crippen LogP contribution is 2.33. The van der Waals surface area contributed by atoms with E-state index in [1.807, 2.05) is 181 Å². The first-order valence-electron chi connectivity index (χ1n) is 49.2. The molecule has 10 N–H and O–H groups in total. The number of allylic oxidation sites excluding steroid dienone is 2. The Bertz CT molecular complexity index is 8460. The lowest BCUT2D eigenvalue weighted by Gasteiger charge is -2.20. The number of aromatic nitrogens is 16. The number of para-hydroxylation sites is 1. The number of aryl methyl sites for hydroxylation is 9. The van der Waals surface area contributed by atoms with Crippen molar-refractivity contribution in [3.8, 4) is 0 Å². The van der Waals surface area contributed by atoms with Crippen molar-refractivity contribution in [3.63, 3.8) is 0 Å². The Morgan fingerprint density at radius 2 is 0.705 bits per heavy atom. The van der Waals surface area contributed by atoms with E-state index >= 15 is 0 Å². The highest BCUT2D eigenvalue weighted by atomic mass is 79.9. The molecule has 1 aliphatic carbocycles. The number of ether oxygens (including phenoxy) is 1. The molecule has 38 heteroatoms. The maximum absolute atomic E-state index is 13.4. The first-order chi connectivity index (χ1) is 72.1. The quantitative estimate of drug-likeness (QED) is 0.0154. The van der Waals surface area contributed by atoms with Gasteiger partial charge in [-0.15, -0.1) is 0 Å². The number of aromatic amines is 5. The largest absolute Gasteiger partial charge is 0.384 e. The predicted molar refractivity (Wildman–Crippen MR) is 605 cm³/mol. The molecule has 1 aliphatic rings. The number of H-pyrrole nitrogens is 5. The van der Waals surface area contributed by atoms with E-state index in [2.05, 4.69) is 146 Å². The summed E-state index contributed by atoms with van der Waals surface area (Å²) in [4.78, 5) is 131. The Hall–Kier alpha value is -14.1. The van der Waals surface area contributed by atoms with Crippen molar-refractivity contribution in [1.29, 1.82) is 0 Å². The second-order valence-corrected chi connectivity index (χ2v) is 40.5. The summed E-state index contributed by atoms with van der Waals surface area (Å²) in [6.07, 6.45) is 16.9. The van der Waals surface area contributed by atoms with E-state index in [1.165, 1.54) is 6.42 Å². The van der Waals surface area contributed by atoms with Crippen LogP contribution in [0.2, 0.25) is 10.0 Å². The van der Waals surface area contributed by atoms with Crippen molar-refractivity contribution in [2.75, 3.05) is 46.4 Å². The van der Waals surface area contributed by atoms with Crippen LogP contribution >= 0.6 is 86.9 Å². The second kappa shape index (κ2) is 51.7. The van der Waals surface area contributed by atoms with Gasteiger partial charge in [0.2, 0.25) is 11.8 Å². The molecule has 0 atom stereocenters. The molecule has 0 saturated heterocycles. The lowest BCUT2D eigenvalue weighted by molar-refractivity contribution is -0.126. The van der Waals surface area contributed by atoms with E-state index < -0.39 is 0 Å². The van der Waals surface area contributed by atoms with E-state index in [9.17, 15) is 47.9 Å². The average molecular weight is 2310 g/mol. The molecule has 0 spiro atoms. The van der Waals surface area contributed by atoms with Gasteiger partial charge in [-0.3, -0.25) is 78.4 Å². The minimum absolute atomic E-state index is 0.0153. The Morgan fingerprint density at radius 1 is 0.383 bits per heavy atom. The molecule has 11 heterocycles. The van der Waals surface area contributed by atoms with Gasteiger partial charge < -0.3 is 54.2 Å². The molecule has 0 unspecified atom stereocenters. The number of benzene rings is 8. The van der Waals surface area contributed by atoms with Crippen molar-refractivity contribution in [3.05, 3.63) is 343 Å². The van der Waals surface area contributed by atoms with Crippen molar-refractivity contribution < 1.29 is 28.7 Å². The average Bonchev–Trinajstić information content (AvgIpc) is 1.68. The van der Waals surface area contributed by atoms with E-state index in [0.29, 0.717) is 198 Å². The van der Waals surface area contributed by atoms with E-state index in [0.717, 1.165) is 132 Å². The molecule has 8 aromatic carbocycles. The Kier molecular flexibility index (Phi) is 37.8. The molecule has 770 valence electrons. The summed E-state index contributed by atoms with van der Waals surface area (Å²) in [6.45, 7) is 16.9. The summed E-state index contributed by atoms with van der Waals surface area (Å²) < 4.78 is 17.7. The summed E-state index contributed by atoms with van der Waals surface area (Å²) >= 11 is 25.8. The molecular weight excluding hydrogens is 2190 g/mol. The summed E-state index contributed by atoms with van der Waals surface area (Å²) in [5.41, 5.74) is 13.8. The molecule has 149 heavy (non-hydrogen) atoms. The minimum Gasteiger partial charge on any atom is -0.384 e. The molecule has 1 saturated carbocycles. The molecule has 0 bridgehead atoms. The summed E-state index contributed by atoms with van der Waals surface area (Å²) in [7, 11) is 1.63. The number of rotatable bonds is 29. The van der Waals surface area contributed by atoms with Gasteiger partial charge in [0.15, 0.2) is 0 Å². The maximum Gasteiger partial charge on any atom is 0.262 e. The smallest absolute Gasteiger partial charge is 0.262 e. The maximum atomic E-state index is 13.4. The van der Waals surface area contributed by atoms with Gasteiger partial charge in [-0.05, 0) is 232 Å². The number of hydrogen-bond acceptors (Lipinski definition) is 17. The molecule has 19 aromatic rings. The lowest BCUT2D eigenvalue weighted by Crippen LogP contribution is -2.33. The van der Waals surface area contributed by atoms with Gasteiger partial charge >= 0.3 is 0 Å². The van der Waals surface area contributed by atoms with Crippen LogP contribution in [0.3, 0.4) is 0 Å². The number of halogens is 6. The Morgan fingerprint density at radius 3 is 1.08 bits per heavy atom. The number of nitrogens with one attached hydrogen (secondary N) is 10. The first-order valence-corrected chi connectivity index (χ1v) is 53.1. The predicted octanol–water partition coefficient (Wildman–Crippen LogP) is 20.4. The van der Waals surface area contributed by atoms with Crippen LogP contribution in [0.15, 0.2) is 254 Å². The molecule has 11 aromatic heterocycles. The third kappa shape index (κ3) is 26.2. The van der Waals surface area contributed by atoms with E-state index in [-0.39, 0.29) is 63.3 Å². The van der Waals surface area contributed by atoms with Crippen LogP contribution in [0.4, 0.5) is 0 Å². The second-order valence-electron chi connectivity index (χ2n) is 36.0. The van der Waals surface area contributed by atoms with Gasteiger partial charge in [0, 0.05) is 192 Å². The van der Waals surface area contributed by atoms with Crippen LogP contribution in [0.1, 0.15) is 143 Å². The number of carbonyl (C=O) groups is 5.